The van der Waals surface area contributed by atoms with Crippen molar-refractivity contribution in [2.24, 2.45) is 0 Å². The minimum Gasteiger partial charge on any atom is -0.497 e. The standard InChI is InChI=1S/C17H21NO2/c1-13-7-4-5-10-17(13)20-14(2)12-18-15-8-6-9-16(11-15)19-3/h4-11,14,18H,12H2,1-3H3. The van der Waals surface area contributed by atoms with Crippen LogP contribution in [0.1, 0.15) is 12.5 Å². The Hall–Kier alpha value is -2.16. The summed E-state index contributed by atoms with van der Waals surface area (Å²) in [7, 11) is 1.67. The summed E-state index contributed by atoms with van der Waals surface area (Å²) in [6, 6.07) is 15.9. The molecule has 0 aliphatic rings. The lowest BCUT2D eigenvalue weighted by Crippen LogP contribution is -2.23. The van der Waals surface area contributed by atoms with Crippen molar-refractivity contribution in [1.29, 1.82) is 0 Å². The van der Waals surface area contributed by atoms with E-state index in [1.54, 1.807) is 7.11 Å². The molecule has 20 heavy (non-hydrogen) atoms. The van der Waals surface area contributed by atoms with Crippen molar-refractivity contribution in [2.75, 3.05) is 19.0 Å². The minimum atomic E-state index is 0.0855. The molecule has 106 valence electrons. The van der Waals surface area contributed by atoms with E-state index >= 15 is 0 Å². The van der Waals surface area contributed by atoms with E-state index in [0.29, 0.717) is 0 Å². The molecule has 1 N–H and O–H groups in total. The number of nitrogens with one attached hydrogen (secondary N) is 1. The highest BCUT2D eigenvalue weighted by atomic mass is 16.5. The number of ether oxygens (including phenoxy) is 2. The highest BCUT2D eigenvalue weighted by Gasteiger charge is 2.06. The van der Waals surface area contributed by atoms with Gasteiger partial charge in [0, 0.05) is 11.8 Å². The van der Waals surface area contributed by atoms with Crippen LogP contribution in [0, 0.1) is 6.92 Å². The van der Waals surface area contributed by atoms with Gasteiger partial charge in [0.1, 0.15) is 17.6 Å². The third-order valence-corrected chi connectivity index (χ3v) is 3.09. The van der Waals surface area contributed by atoms with Gasteiger partial charge in [0.05, 0.1) is 13.7 Å². The molecule has 0 fully saturated rings. The zero-order valence-electron chi connectivity index (χ0n) is 12.2. The summed E-state index contributed by atoms with van der Waals surface area (Å²) in [4.78, 5) is 0. The quantitative estimate of drug-likeness (QED) is 0.864. The van der Waals surface area contributed by atoms with E-state index in [1.165, 1.54) is 0 Å². The molecule has 2 rings (SSSR count). The topological polar surface area (TPSA) is 30.5 Å². The van der Waals surface area contributed by atoms with Crippen molar-refractivity contribution in [2.45, 2.75) is 20.0 Å². The van der Waals surface area contributed by atoms with Crippen LogP contribution >= 0.6 is 0 Å². The van der Waals surface area contributed by atoms with Crippen LogP contribution in [0.4, 0.5) is 5.69 Å². The lowest BCUT2D eigenvalue weighted by Gasteiger charge is -2.17. The number of hydrogen-bond acceptors (Lipinski definition) is 3. The Kier molecular flexibility index (Phi) is 4.88. The van der Waals surface area contributed by atoms with E-state index in [2.05, 4.69) is 25.2 Å². The Morgan fingerprint density at radius 3 is 2.65 bits per heavy atom. The van der Waals surface area contributed by atoms with E-state index in [9.17, 15) is 0 Å². The van der Waals surface area contributed by atoms with Gasteiger partial charge in [-0.1, -0.05) is 24.3 Å². The maximum absolute atomic E-state index is 5.93. The molecule has 1 unspecified atom stereocenters. The highest BCUT2D eigenvalue weighted by molar-refractivity contribution is 5.48. The Morgan fingerprint density at radius 2 is 1.90 bits per heavy atom. The van der Waals surface area contributed by atoms with Gasteiger partial charge in [-0.05, 0) is 37.6 Å². The Balaban J connectivity index is 1.89. The first-order chi connectivity index (χ1) is 9.69. The van der Waals surface area contributed by atoms with Crippen LogP contribution in [-0.4, -0.2) is 19.8 Å². The van der Waals surface area contributed by atoms with E-state index in [-0.39, 0.29) is 6.10 Å². The molecule has 3 nitrogen and oxygen atoms in total. The largest absolute Gasteiger partial charge is 0.497 e. The Morgan fingerprint density at radius 1 is 1.10 bits per heavy atom. The average molecular weight is 271 g/mol. The Labute approximate surface area is 120 Å². The smallest absolute Gasteiger partial charge is 0.122 e. The molecule has 2 aromatic carbocycles. The van der Waals surface area contributed by atoms with Gasteiger partial charge in [0.2, 0.25) is 0 Å². The summed E-state index contributed by atoms with van der Waals surface area (Å²) >= 11 is 0. The van der Waals surface area contributed by atoms with Crippen molar-refractivity contribution in [3.63, 3.8) is 0 Å². The first kappa shape index (κ1) is 14.3. The van der Waals surface area contributed by atoms with E-state index in [4.69, 9.17) is 9.47 Å². The van der Waals surface area contributed by atoms with Gasteiger partial charge in [-0.2, -0.15) is 0 Å². The first-order valence-electron chi connectivity index (χ1n) is 6.79. The molecule has 0 spiro atoms. The molecule has 0 radical (unpaired) electrons. The molecule has 3 heteroatoms. The van der Waals surface area contributed by atoms with E-state index < -0.39 is 0 Å². The fraction of sp³-hybridized carbons (Fsp3) is 0.294. The number of methoxy groups -OCH3 is 1. The highest BCUT2D eigenvalue weighted by Crippen LogP contribution is 2.19. The van der Waals surface area contributed by atoms with Crippen LogP contribution in [0.3, 0.4) is 0 Å². The van der Waals surface area contributed by atoms with Crippen LogP contribution < -0.4 is 14.8 Å². The number of aryl methyl sites for hydroxylation is 1. The maximum atomic E-state index is 5.93. The normalized spacial score (nSPS) is 11.8. The maximum Gasteiger partial charge on any atom is 0.122 e. The molecule has 0 aliphatic carbocycles. The van der Waals surface area contributed by atoms with Crippen LogP contribution in [0.25, 0.3) is 0 Å². The molecule has 0 bridgehead atoms. The third kappa shape index (κ3) is 3.92. The second-order valence-electron chi connectivity index (χ2n) is 4.81. The van der Waals surface area contributed by atoms with Crippen LogP contribution in [0.5, 0.6) is 11.5 Å². The fourth-order valence-electron chi connectivity index (χ4n) is 1.94. The fourth-order valence-corrected chi connectivity index (χ4v) is 1.94. The molecule has 0 saturated heterocycles. The molecule has 1 atom stereocenters. The van der Waals surface area contributed by atoms with Crippen molar-refractivity contribution in [1.82, 2.24) is 0 Å². The first-order valence-corrected chi connectivity index (χ1v) is 6.79. The summed E-state index contributed by atoms with van der Waals surface area (Å²) in [5.74, 6) is 1.79. The number of rotatable bonds is 6. The Bertz CT molecular complexity index is 554. The summed E-state index contributed by atoms with van der Waals surface area (Å²) in [5.41, 5.74) is 2.19. The van der Waals surface area contributed by atoms with E-state index in [0.717, 1.165) is 29.3 Å². The molecular formula is C17H21NO2. The van der Waals surface area contributed by atoms with Crippen molar-refractivity contribution < 1.29 is 9.47 Å². The molecule has 0 saturated carbocycles. The lowest BCUT2D eigenvalue weighted by molar-refractivity contribution is 0.233. The van der Waals surface area contributed by atoms with Gasteiger partial charge in [0.25, 0.3) is 0 Å². The van der Waals surface area contributed by atoms with Crippen LogP contribution in [-0.2, 0) is 0 Å². The van der Waals surface area contributed by atoms with Crippen LogP contribution in [0.15, 0.2) is 48.5 Å². The van der Waals surface area contributed by atoms with Crippen molar-refractivity contribution in [3.05, 3.63) is 54.1 Å². The second kappa shape index (κ2) is 6.85. The van der Waals surface area contributed by atoms with Gasteiger partial charge >= 0.3 is 0 Å². The molecule has 0 amide bonds. The van der Waals surface area contributed by atoms with Gasteiger partial charge in [-0.25, -0.2) is 0 Å². The summed E-state index contributed by atoms with van der Waals surface area (Å²) in [6.45, 7) is 4.85. The average Bonchev–Trinajstić information content (AvgIpc) is 2.48. The summed E-state index contributed by atoms with van der Waals surface area (Å²) < 4.78 is 11.1. The molecule has 0 aromatic heterocycles. The third-order valence-electron chi connectivity index (χ3n) is 3.09. The number of hydrogen-bond donors (Lipinski definition) is 1. The summed E-state index contributed by atoms with van der Waals surface area (Å²) in [6.07, 6.45) is 0.0855. The van der Waals surface area contributed by atoms with Crippen molar-refractivity contribution in [3.8, 4) is 11.5 Å². The zero-order chi connectivity index (χ0) is 14.4. The molecule has 0 heterocycles. The second-order valence-corrected chi connectivity index (χ2v) is 4.81. The molecule has 2 aromatic rings. The molecular weight excluding hydrogens is 250 g/mol. The predicted octanol–water partition coefficient (Wildman–Crippen LogP) is 3.88. The zero-order valence-corrected chi connectivity index (χ0v) is 12.2. The molecule has 0 aliphatic heterocycles. The minimum absolute atomic E-state index is 0.0855. The lowest BCUT2D eigenvalue weighted by atomic mass is 10.2. The number of para-hydroxylation sites is 1. The van der Waals surface area contributed by atoms with Crippen LogP contribution in [0.2, 0.25) is 0 Å². The predicted molar refractivity (Wildman–Crippen MR) is 82.8 cm³/mol. The monoisotopic (exact) mass is 271 g/mol. The van der Waals surface area contributed by atoms with Crippen molar-refractivity contribution >= 4 is 5.69 Å². The van der Waals surface area contributed by atoms with Gasteiger partial charge in [-0.15, -0.1) is 0 Å². The van der Waals surface area contributed by atoms with E-state index in [1.807, 2.05) is 42.5 Å². The van der Waals surface area contributed by atoms with Gasteiger partial charge < -0.3 is 14.8 Å². The van der Waals surface area contributed by atoms with Gasteiger partial charge in [-0.3, -0.25) is 0 Å². The summed E-state index contributed by atoms with van der Waals surface area (Å²) in [5, 5.41) is 3.35. The van der Waals surface area contributed by atoms with Gasteiger partial charge in [0.15, 0.2) is 0 Å². The SMILES string of the molecule is COc1cccc(NCC(C)Oc2ccccc2C)c1. The number of benzene rings is 2. The number of anilines is 1.